The minimum atomic E-state index is -4.35. The molecule has 0 aliphatic rings. The summed E-state index contributed by atoms with van der Waals surface area (Å²) in [5.41, 5.74) is 5.35. The van der Waals surface area contributed by atoms with E-state index in [1.54, 1.807) is 36.6 Å². The first kappa shape index (κ1) is 53.4. The van der Waals surface area contributed by atoms with E-state index in [1.165, 1.54) is 83.5 Å². The number of carbonyl (C=O) groups is 1. The summed E-state index contributed by atoms with van der Waals surface area (Å²) in [6, 6.07) is 0. The van der Waals surface area contributed by atoms with Gasteiger partial charge in [-0.25, -0.2) is 4.57 Å². The molecule has 0 fully saturated rings. The monoisotopic (exact) mass is 808 g/mol. The predicted molar refractivity (Wildman–Crippen MR) is 231 cm³/mol. The van der Waals surface area contributed by atoms with E-state index in [2.05, 4.69) is 13.8 Å². The van der Waals surface area contributed by atoms with Crippen LogP contribution < -0.4 is 5.73 Å². The van der Waals surface area contributed by atoms with Gasteiger partial charge in [0, 0.05) is 13.0 Å². The van der Waals surface area contributed by atoms with Crippen LogP contribution in [0.5, 0.6) is 0 Å². The lowest BCUT2D eigenvalue weighted by atomic mass is 10.0. The number of nitrogens with two attached hydrogens (primary N) is 1. The Hall–Kier alpha value is -2.56. The summed E-state index contributed by atoms with van der Waals surface area (Å²) in [6.45, 7) is 3.81. The number of aliphatic hydroxyl groups is 2. The number of esters is 1. The van der Waals surface area contributed by atoms with Gasteiger partial charge >= 0.3 is 13.8 Å². The molecule has 0 aliphatic carbocycles. The van der Waals surface area contributed by atoms with Crippen LogP contribution in [0.4, 0.5) is 0 Å². The van der Waals surface area contributed by atoms with Crippen molar-refractivity contribution in [3.8, 4) is 0 Å². The second-order valence-electron chi connectivity index (χ2n) is 13.9. The van der Waals surface area contributed by atoms with Gasteiger partial charge in [0.25, 0.3) is 0 Å². The fourth-order valence-corrected chi connectivity index (χ4v) is 6.17. The molecule has 56 heavy (non-hydrogen) atoms. The molecule has 1 unspecified atom stereocenters. The molecule has 322 valence electrons. The number of phosphoric acid groups is 1. The molecule has 0 saturated heterocycles. The second kappa shape index (κ2) is 40.6. The normalized spacial score (nSPS) is 15.4. The van der Waals surface area contributed by atoms with Crippen LogP contribution in [0, 0.1) is 0 Å². The summed E-state index contributed by atoms with van der Waals surface area (Å²) in [6.07, 6.45) is 46.2. The standard InChI is InChI=1S/C45H78NO9P/c1-3-5-7-8-9-10-11-12-13-14-15-16-17-21-24-31-38-52-40-44(41-54-56(50,51)53-39-37-46)55-45(49)36-30-25-29-35-43(48)34-28-23-20-18-19-22-27-33-42(47)32-26-6-4-2/h6,19-20,22-23,26-29,31,33-35,38,42-44,47-48H,3-5,7-18,21,24-25,30,32,36-37,39-41,46H2,1-2H3,(H,50,51)/b22-19-,23-20-,26-6-,33-27+,34-28+,35-29-,38-31+/t42-,43-,44+/m0/s1. The number of aliphatic hydroxyl groups excluding tert-OH is 2. The Morgan fingerprint density at radius 3 is 1.91 bits per heavy atom. The van der Waals surface area contributed by atoms with Gasteiger partial charge < -0.3 is 30.3 Å². The average Bonchev–Trinajstić information content (AvgIpc) is 3.17. The van der Waals surface area contributed by atoms with Crippen LogP contribution in [-0.4, -0.2) is 65.8 Å². The maximum atomic E-state index is 12.6. The molecule has 4 atom stereocenters. The summed E-state index contributed by atoms with van der Waals surface area (Å²) >= 11 is 0. The quantitative estimate of drug-likeness (QED) is 0.0118. The highest BCUT2D eigenvalue weighted by Gasteiger charge is 2.25. The Morgan fingerprint density at radius 1 is 0.679 bits per heavy atom. The Labute approximate surface area is 340 Å². The molecule has 11 heteroatoms. The smallest absolute Gasteiger partial charge is 0.472 e. The summed E-state index contributed by atoms with van der Waals surface area (Å²) in [4.78, 5) is 22.4. The van der Waals surface area contributed by atoms with Crippen molar-refractivity contribution >= 4 is 13.8 Å². The van der Waals surface area contributed by atoms with Crippen molar-refractivity contribution in [3.63, 3.8) is 0 Å². The van der Waals surface area contributed by atoms with E-state index in [0.29, 0.717) is 19.3 Å². The SMILES string of the molecule is CC/C=C\C[C@H](O)/C=C/C=C\C/C=C\C=C\[C@H](O)/C=C\CCCC(=O)O[C@H](CO/C=C/CCCCCCCCCCCCCCCC)COP(=O)(O)OCCN. The van der Waals surface area contributed by atoms with E-state index in [-0.39, 0.29) is 32.8 Å². The van der Waals surface area contributed by atoms with Crippen LogP contribution in [0.15, 0.2) is 85.3 Å². The Bertz CT molecular complexity index is 1160. The van der Waals surface area contributed by atoms with Gasteiger partial charge in [-0.3, -0.25) is 13.8 Å². The third-order valence-electron chi connectivity index (χ3n) is 8.57. The van der Waals surface area contributed by atoms with Gasteiger partial charge in [-0.05, 0) is 51.0 Å². The number of phosphoric ester groups is 1. The van der Waals surface area contributed by atoms with Crippen molar-refractivity contribution in [2.75, 3.05) is 26.4 Å². The lowest BCUT2D eigenvalue weighted by Gasteiger charge is -2.19. The van der Waals surface area contributed by atoms with Crippen molar-refractivity contribution < 1.29 is 43.0 Å². The van der Waals surface area contributed by atoms with E-state index in [0.717, 1.165) is 25.7 Å². The highest BCUT2D eigenvalue weighted by molar-refractivity contribution is 7.47. The molecule has 0 saturated carbocycles. The maximum Gasteiger partial charge on any atom is 0.472 e. The highest BCUT2D eigenvalue weighted by atomic mass is 31.2. The third kappa shape index (κ3) is 39.7. The molecule has 10 nitrogen and oxygen atoms in total. The highest BCUT2D eigenvalue weighted by Crippen LogP contribution is 2.43. The number of hydrogen-bond donors (Lipinski definition) is 4. The fourth-order valence-electron chi connectivity index (χ4n) is 5.41. The molecular formula is C45H78NO9P. The van der Waals surface area contributed by atoms with E-state index >= 15 is 0 Å². The Balaban J connectivity index is 4.38. The van der Waals surface area contributed by atoms with Gasteiger partial charge in [-0.1, -0.05) is 170 Å². The lowest BCUT2D eigenvalue weighted by Crippen LogP contribution is -2.27. The molecular weight excluding hydrogens is 729 g/mol. The molecule has 0 amide bonds. The first-order valence-electron chi connectivity index (χ1n) is 21.4. The summed E-state index contributed by atoms with van der Waals surface area (Å²) in [5.74, 6) is -0.493. The van der Waals surface area contributed by atoms with Crippen molar-refractivity contribution in [1.82, 2.24) is 0 Å². The lowest BCUT2D eigenvalue weighted by molar-refractivity contribution is -0.153. The molecule has 0 bridgehead atoms. The first-order chi connectivity index (χ1) is 27.2. The molecule has 0 spiro atoms. The van der Waals surface area contributed by atoms with Gasteiger partial charge in [-0.15, -0.1) is 0 Å². The molecule has 0 aromatic rings. The largest absolute Gasteiger partial charge is 0.498 e. The number of ether oxygens (including phenoxy) is 2. The molecule has 5 N–H and O–H groups in total. The van der Waals surface area contributed by atoms with E-state index in [4.69, 9.17) is 24.3 Å². The number of hydrogen-bond acceptors (Lipinski definition) is 9. The van der Waals surface area contributed by atoms with E-state index in [1.807, 2.05) is 48.6 Å². The van der Waals surface area contributed by atoms with Crippen molar-refractivity contribution in [2.24, 2.45) is 5.73 Å². The Kier molecular flexibility index (Phi) is 38.8. The zero-order valence-electron chi connectivity index (χ0n) is 34.8. The molecule has 0 radical (unpaired) electrons. The van der Waals surface area contributed by atoms with Gasteiger partial charge in [0.15, 0.2) is 6.10 Å². The van der Waals surface area contributed by atoms with Crippen molar-refractivity contribution in [2.45, 2.75) is 167 Å². The fraction of sp³-hybridized carbons (Fsp3) is 0.667. The molecule has 0 rings (SSSR count). The van der Waals surface area contributed by atoms with Crippen LogP contribution >= 0.6 is 7.82 Å². The molecule has 0 aromatic carbocycles. The second-order valence-corrected chi connectivity index (χ2v) is 15.4. The van der Waals surface area contributed by atoms with Crippen LogP contribution in [0.2, 0.25) is 0 Å². The summed E-state index contributed by atoms with van der Waals surface area (Å²) < 4.78 is 33.0. The number of carbonyl (C=O) groups excluding carboxylic acids is 1. The topological polar surface area (TPSA) is 158 Å². The first-order valence-corrected chi connectivity index (χ1v) is 22.9. The number of allylic oxidation sites excluding steroid dienone is 9. The van der Waals surface area contributed by atoms with Crippen molar-refractivity contribution in [3.05, 3.63) is 85.3 Å². The van der Waals surface area contributed by atoms with Crippen LogP contribution in [0.1, 0.15) is 149 Å². The summed E-state index contributed by atoms with van der Waals surface area (Å²) in [5, 5.41) is 20.0. The van der Waals surface area contributed by atoms with Gasteiger partial charge in [0.2, 0.25) is 0 Å². The van der Waals surface area contributed by atoms with Gasteiger partial charge in [0.05, 0.1) is 31.7 Å². The molecule has 0 heterocycles. The number of rotatable bonds is 39. The third-order valence-corrected chi connectivity index (χ3v) is 9.55. The summed E-state index contributed by atoms with van der Waals surface area (Å²) in [7, 11) is -4.35. The number of unbranched alkanes of at least 4 members (excludes halogenated alkanes) is 15. The van der Waals surface area contributed by atoms with Crippen molar-refractivity contribution in [1.29, 1.82) is 0 Å². The molecule has 0 aromatic heterocycles. The molecule has 0 aliphatic heterocycles. The minimum Gasteiger partial charge on any atom is -0.498 e. The van der Waals surface area contributed by atoms with E-state index < -0.39 is 32.1 Å². The zero-order chi connectivity index (χ0) is 41.2. The van der Waals surface area contributed by atoms with E-state index in [9.17, 15) is 24.5 Å². The van der Waals surface area contributed by atoms with Crippen LogP contribution in [-0.2, 0) is 27.9 Å². The van der Waals surface area contributed by atoms with Gasteiger partial charge in [0.1, 0.15) is 6.61 Å². The minimum absolute atomic E-state index is 0.0422. The van der Waals surface area contributed by atoms with Crippen LogP contribution in [0.3, 0.4) is 0 Å². The zero-order valence-corrected chi connectivity index (χ0v) is 35.7. The Morgan fingerprint density at radius 2 is 1.29 bits per heavy atom. The van der Waals surface area contributed by atoms with Crippen LogP contribution in [0.25, 0.3) is 0 Å². The average molecular weight is 808 g/mol. The predicted octanol–water partition coefficient (Wildman–Crippen LogP) is 10.8. The van der Waals surface area contributed by atoms with Gasteiger partial charge in [-0.2, -0.15) is 0 Å². The maximum absolute atomic E-state index is 12.6.